The highest BCUT2D eigenvalue weighted by atomic mass is 32.2. The van der Waals surface area contributed by atoms with E-state index in [9.17, 15) is 9.18 Å². The number of rotatable bonds is 10. The maximum Gasteiger partial charge on any atom is 0.228 e. The average molecular weight is 502 g/mol. The van der Waals surface area contributed by atoms with Crippen molar-refractivity contribution in [1.82, 2.24) is 9.88 Å². The van der Waals surface area contributed by atoms with Crippen LogP contribution in [0.5, 0.6) is 0 Å². The standard InChI is InChI=1S/C26H32FN3O2S2/c1-19-17-20(2)25-23(18-19)28-26(34-25)30(11-4-10-29-12-14-32-15-13-29)24(31)5-3-16-33-22-8-6-21(27)7-9-22/h6-9,17-18H,3-5,10-16H2,1-2H3. The summed E-state index contributed by atoms with van der Waals surface area (Å²) in [4.78, 5) is 23.5. The molecular weight excluding hydrogens is 469 g/mol. The molecule has 3 aromatic rings. The van der Waals surface area contributed by atoms with Crippen molar-refractivity contribution in [3.8, 4) is 0 Å². The van der Waals surface area contributed by atoms with Gasteiger partial charge in [0.2, 0.25) is 5.91 Å². The minimum Gasteiger partial charge on any atom is -0.379 e. The molecule has 4 rings (SSSR count). The number of ether oxygens (including phenoxy) is 1. The van der Waals surface area contributed by atoms with Crippen molar-refractivity contribution >= 4 is 44.4 Å². The van der Waals surface area contributed by atoms with E-state index in [1.165, 1.54) is 23.3 Å². The molecule has 0 bridgehead atoms. The third-order valence-corrected chi connectivity index (χ3v) is 8.25. The lowest BCUT2D eigenvalue weighted by Gasteiger charge is -2.27. The highest BCUT2D eigenvalue weighted by Gasteiger charge is 2.21. The van der Waals surface area contributed by atoms with E-state index in [2.05, 4.69) is 30.9 Å². The first kappa shape index (κ1) is 25.1. The number of halogens is 1. The molecule has 0 atom stereocenters. The van der Waals surface area contributed by atoms with Crippen molar-refractivity contribution in [3.63, 3.8) is 0 Å². The molecule has 0 N–H and O–H groups in total. The van der Waals surface area contributed by atoms with Crippen LogP contribution in [0.15, 0.2) is 41.3 Å². The van der Waals surface area contributed by atoms with E-state index >= 15 is 0 Å². The molecule has 0 spiro atoms. The van der Waals surface area contributed by atoms with E-state index in [0.29, 0.717) is 13.0 Å². The Morgan fingerprint density at radius 3 is 2.71 bits per heavy atom. The van der Waals surface area contributed by atoms with Crippen LogP contribution in [0, 0.1) is 19.7 Å². The number of thiazole rings is 1. The second-order valence-electron chi connectivity index (χ2n) is 8.69. The lowest BCUT2D eigenvalue weighted by atomic mass is 10.1. The number of carbonyl (C=O) groups is 1. The number of hydrogen-bond acceptors (Lipinski definition) is 6. The van der Waals surface area contributed by atoms with E-state index in [1.807, 2.05) is 4.90 Å². The van der Waals surface area contributed by atoms with Gasteiger partial charge in [-0.05, 0) is 73.9 Å². The zero-order valence-corrected chi connectivity index (χ0v) is 21.5. The van der Waals surface area contributed by atoms with E-state index in [4.69, 9.17) is 9.72 Å². The largest absolute Gasteiger partial charge is 0.379 e. The van der Waals surface area contributed by atoms with Crippen LogP contribution in [0.2, 0.25) is 0 Å². The van der Waals surface area contributed by atoms with Crippen molar-refractivity contribution < 1.29 is 13.9 Å². The maximum atomic E-state index is 13.3. The Labute approximate surface area is 209 Å². The van der Waals surface area contributed by atoms with Crippen molar-refractivity contribution in [1.29, 1.82) is 0 Å². The molecule has 1 fully saturated rings. The fourth-order valence-electron chi connectivity index (χ4n) is 4.16. The fourth-order valence-corrected chi connectivity index (χ4v) is 6.08. The third-order valence-electron chi connectivity index (χ3n) is 5.92. The molecule has 0 radical (unpaired) electrons. The lowest BCUT2D eigenvalue weighted by molar-refractivity contribution is -0.118. The van der Waals surface area contributed by atoms with Gasteiger partial charge in [0.05, 0.1) is 23.4 Å². The van der Waals surface area contributed by atoms with Crippen molar-refractivity contribution in [2.45, 2.75) is 38.0 Å². The van der Waals surface area contributed by atoms with Gasteiger partial charge in [-0.1, -0.05) is 17.4 Å². The van der Waals surface area contributed by atoms with Crippen LogP contribution in [0.3, 0.4) is 0 Å². The molecule has 8 heteroatoms. The molecular formula is C26H32FN3O2S2. The highest BCUT2D eigenvalue weighted by Crippen LogP contribution is 2.33. The van der Waals surface area contributed by atoms with Gasteiger partial charge in [-0.2, -0.15) is 0 Å². The Kier molecular flexibility index (Phi) is 8.94. The number of anilines is 1. The third kappa shape index (κ3) is 6.78. The molecule has 34 heavy (non-hydrogen) atoms. The molecule has 0 unspecified atom stereocenters. The molecule has 182 valence electrons. The number of nitrogens with zero attached hydrogens (tertiary/aromatic N) is 3. The van der Waals surface area contributed by atoms with Gasteiger partial charge in [-0.3, -0.25) is 14.6 Å². The zero-order chi connectivity index (χ0) is 23.9. The lowest BCUT2D eigenvalue weighted by Crippen LogP contribution is -2.39. The van der Waals surface area contributed by atoms with E-state index < -0.39 is 0 Å². The monoisotopic (exact) mass is 501 g/mol. The average Bonchev–Trinajstić information content (AvgIpc) is 3.25. The summed E-state index contributed by atoms with van der Waals surface area (Å²) in [6.07, 6.45) is 2.15. The molecule has 1 aromatic heterocycles. The van der Waals surface area contributed by atoms with E-state index in [0.717, 1.165) is 71.7 Å². The Morgan fingerprint density at radius 2 is 1.94 bits per heavy atom. The summed E-state index contributed by atoms with van der Waals surface area (Å²) in [6.45, 7) is 9.28. The molecule has 1 aliphatic rings. The Balaban J connectivity index is 1.40. The number of morpholine rings is 1. The normalized spacial score (nSPS) is 14.6. The molecule has 1 saturated heterocycles. The second-order valence-corrected chi connectivity index (χ2v) is 10.8. The Hall–Kier alpha value is -2.00. The molecule has 2 heterocycles. The minimum atomic E-state index is -0.228. The number of fused-ring (bicyclic) bond motifs is 1. The number of thioether (sulfide) groups is 1. The van der Waals surface area contributed by atoms with Gasteiger partial charge in [0.15, 0.2) is 5.13 Å². The van der Waals surface area contributed by atoms with E-state index in [-0.39, 0.29) is 11.7 Å². The minimum absolute atomic E-state index is 0.120. The fraction of sp³-hybridized carbons (Fsp3) is 0.462. The van der Waals surface area contributed by atoms with Crippen molar-refractivity contribution in [3.05, 3.63) is 53.3 Å². The highest BCUT2D eigenvalue weighted by molar-refractivity contribution is 7.99. The van der Waals surface area contributed by atoms with Gasteiger partial charge in [0.1, 0.15) is 5.82 Å². The number of carbonyl (C=O) groups excluding carboxylic acids is 1. The second kappa shape index (κ2) is 12.1. The van der Waals surface area contributed by atoms with Crippen LogP contribution in [0.1, 0.15) is 30.4 Å². The summed E-state index contributed by atoms with van der Waals surface area (Å²) in [6, 6.07) is 10.8. The van der Waals surface area contributed by atoms with Gasteiger partial charge in [-0.15, -0.1) is 11.8 Å². The number of hydrogen-bond donors (Lipinski definition) is 0. The van der Waals surface area contributed by atoms with Gasteiger partial charge in [-0.25, -0.2) is 9.37 Å². The molecule has 5 nitrogen and oxygen atoms in total. The maximum absolute atomic E-state index is 13.3. The smallest absolute Gasteiger partial charge is 0.228 e. The number of amides is 1. The Bertz CT molecular complexity index is 1100. The first-order chi connectivity index (χ1) is 16.5. The summed E-state index contributed by atoms with van der Waals surface area (Å²) in [7, 11) is 0. The molecule has 1 amide bonds. The molecule has 2 aromatic carbocycles. The molecule has 1 aliphatic heterocycles. The van der Waals surface area contributed by atoms with Gasteiger partial charge in [0, 0.05) is 37.5 Å². The predicted molar refractivity (Wildman–Crippen MR) is 140 cm³/mol. The topological polar surface area (TPSA) is 45.7 Å². The van der Waals surface area contributed by atoms with Crippen LogP contribution in [-0.4, -0.2) is 60.9 Å². The first-order valence-corrected chi connectivity index (χ1v) is 13.7. The summed E-state index contributed by atoms with van der Waals surface area (Å²) in [5, 5.41) is 0.793. The van der Waals surface area contributed by atoms with Crippen LogP contribution in [0.4, 0.5) is 9.52 Å². The number of benzene rings is 2. The van der Waals surface area contributed by atoms with Crippen LogP contribution >= 0.6 is 23.1 Å². The number of aryl methyl sites for hydroxylation is 2. The van der Waals surface area contributed by atoms with Crippen LogP contribution in [-0.2, 0) is 9.53 Å². The quantitative estimate of drug-likeness (QED) is 0.264. The number of aromatic nitrogens is 1. The summed E-state index contributed by atoms with van der Waals surface area (Å²) < 4.78 is 19.7. The van der Waals surface area contributed by atoms with E-state index in [1.54, 1.807) is 35.2 Å². The van der Waals surface area contributed by atoms with Gasteiger partial charge in [0.25, 0.3) is 0 Å². The van der Waals surface area contributed by atoms with Gasteiger partial charge >= 0.3 is 0 Å². The Morgan fingerprint density at radius 1 is 1.18 bits per heavy atom. The van der Waals surface area contributed by atoms with Crippen LogP contribution < -0.4 is 4.90 Å². The molecule has 0 saturated carbocycles. The van der Waals surface area contributed by atoms with Crippen LogP contribution in [0.25, 0.3) is 10.2 Å². The zero-order valence-electron chi connectivity index (χ0n) is 19.9. The summed E-state index contributed by atoms with van der Waals surface area (Å²) >= 11 is 3.27. The predicted octanol–water partition coefficient (Wildman–Crippen LogP) is 5.68. The summed E-state index contributed by atoms with van der Waals surface area (Å²) in [5.41, 5.74) is 3.36. The van der Waals surface area contributed by atoms with Crippen molar-refractivity contribution in [2.75, 3.05) is 50.0 Å². The first-order valence-electron chi connectivity index (χ1n) is 11.9. The van der Waals surface area contributed by atoms with Gasteiger partial charge < -0.3 is 4.74 Å². The summed E-state index contributed by atoms with van der Waals surface area (Å²) in [5.74, 6) is 0.709. The SMILES string of the molecule is Cc1cc(C)c2sc(N(CCCN3CCOCC3)C(=O)CCCSc3ccc(F)cc3)nc2c1. The molecule has 0 aliphatic carbocycles. The van der Waals surface area contributed by atoms with Crippen molar-refractivity contribution in [2.24, 2.45) is 0 Å².